The van der Waals surface area contributed by atoms with Crippen molar-refractivity contribution in [3.8, 4) is 0 Å². The number of thioether (sulfide) groups is 1. The molecule has 0 spiro atoms. The standard InChI is InChI=1S/C30H55NO8S/c1-10-11-27(34)14-17-38-22-30(20-36-15-12-24(4)32,21-37-16-13-25(5)33)31(9)28(35)18-26(6)39-19-29(7,8)40-23(2)3/h23,26H,10-22H2,1-9H3. The molecular weight excluding hydrogens is 534 g/mol. The van der Waals surface area contributed by atoms with Gasteiger partial charge in [-0.15, -0.1) is 0 Å². The fraction of sp³-hybridized carbons (Fsp3) is 0.867. The predicted octanol–water partition coefficient (Wildman–Crippen LogP) is 4.67. The molecule has 0 rings (SSSR count). The Hall–Kier alpha value is -1.33. The molecule has 0 N–H and O–H groups in total. The van der Waals surface area contributed by atoms with E-state index in [1.165, 1.54) is 13.8 Å². The average molecular weight is 590 g/mol. The van der Waals surface area contributed by atoms with Crippen molar-refractivity contribution in [2.45, 2.75) is 116 Å². The summed E-state index contributed by atoms with van der Waals surface area (Å²) in [6, 6.07) is 0. The van der Waals surface area contributed by atoms with E-state index in [4.69, 9.17) is 18.9 Å². The molecule has 1 amide bonds. The maximum absolute atomic E-state index is 13.5. The molecule has 1 unspecified atom stereocenters. The molecule has 0 aromatic carbocycles. The summed E-state index contributed by atoms with van der Waals surface area (Å²) in [5.41, 5.74) is -1.02. The lowest BCUT2D eigenvalue weighted by Crippen LogP contribution is -2.59. The van der Waals surface area contributed by atoms with Crippen LogP contribution in [0.2, 0.25) is 0 Å². The Labute approximate surface area is 246 Å². The maximum Gasteiger partial charge on any atom is 0.225 e. The summed E-state index contributed by atoms with van der Waals surface area (Å²) in [5.74, 6) is -0.0406. The van der Waals surface area contributed by atoms with Crippen LogP contribution in [0, 0.1) is 0 Å². The summed E-state index contributed by atoms with van der Waals surface area (Å²) in [4.78, 5) is 50.0. The maximum atomic E-state index is 13.5. The van der Waals surface area contributed by atoms with Gasteiger partial charge in [-0.1, -0.05) is 20.8 Å². The van der Waals surface area contributed by atoms with Gasteiger partial charge in [0.15, 0.2) is 0 Å². The van der Waals surface area contributed by atoms with Crippen molar-refractivity contribution in [3.05, 3.63) is 0 Å². The van der Waals surface area contributed by atoms with Crippen LogP contribution in [0.25, 0.3) is 0 Å². The van der Waals surface area contributed by atoms with Crippen LogP contribution in [-0.4, -0.2) is 103 Å². The SMILES string of the molecule is CCCC(=O)CCOCC(COCCC(C)=O)(COCCC(C)=O)N(C)C(=O)CC(C)OCC(C)(C)SC(C)C. The molecule has 10 heteroatoms. The Bertz CT molecular complexity index is 749. The number of carbonyl (C=O) groups excluding carboxylic acids is 4. The van der Waals surface area contributed by atoms with Gasteiger partial charge in [0.25, 0.3) is 0 Å². The molecule has 0 aliphatic heterocycles. The van der Waals surface area contributed by atoms with E-state index >= 15 is 0 Å². The fourth-order valence-electron chi connectivity index (χ4n) is 3.94. The van der Waals surface area contributed by atoms with E-state index in [0.717, 1.165) is 6.42 Å². The second-order valence-electron chi connectivity index (χ2n) is 11.5. The van der Waals surface area contributed by atoms with Gasteiger partial charge in [-0.05, 0) is 46.3 Å². The van der Waals surface area contributed by atoms with E-state index in [1.807, 2.05) is 25.6 Å². The van der Waals surface area contributed by atoms with Crippen molar-refractivity contribution in [2.75, 3.05) is 53.3 Å². The van der Waals surface area contributed by atoms with Gasteiger partial charge in [0.1, 0.15) is 22.9 Å². The molecule has 0 aromatic heterocycles. The number of hydrogen-bond acceptors (Lipinski definition) is 9. The molecule has 0 bridgehead atoms. The van der Waals surface area contributed by atoms with Crippen LogP contribution in [0.1, 0.15) is 93.9 Å². The van der Waals surface area contributed by atoms with Crippen LogP contribution in [0.15, 0.2) is 0 Å². The third-order valence-corrected chi connectivity index (χ3v) is 7.41. The topological polar surface area (TPSA) is 108 Å². The van der Waals surface area contributed by atoms with E-state index in [1.54, 1.807) is 11.9 Å². The van der Waals surface area contributed by atoms with Crippen LogP contribution in [-0.2, 0) is 38.1 Å². The van der Waals surface area contributed by atoms with Crippen LogP contribution in [0.3, 0.4) is 0 Å². The molecule has 40 heavy (non-hydrogen) atoms. The lowest BCUT2D eigenvalue weighted by molar-refractivity contribution is -0.152. The van der Waals surface area contributed by atoms with Gasteiger partial charge in [-0.2, -0.15) is 11.8 Å². The van der Waals surface area contributed by atoms with Gasteiger partial charge < -0.3 is 23.8 Å². The molecule has 0 fully saturated rings. The highest BCUT2D eigenvalue weighted by Gasteiger charge is 2.39. The second-order valence-corrected chi connectivity index (χ2v) is 13.8. The summed E-state index contributed by atoms with van der Waals surface area (Å²) in [5, 5.41) is 0.463. The summed E-state index contributed by atoms with van der Waals surface area (Å²) in [6.07, 6.45) is 1.90. The number of ether oxygens (including phenoxy) is 4. The monoisotopic (exact) mass is 589 g/mol. The second kappa shape index (κ2) is 20.5. The summed E-state index contributed by atoms with van der Waals surface area (Å²) < 4.78 is 23.7. The summed E-state index contributed by atoms with van der Waals surface area (Å²) in [6.45, 7) is 16.7. The van der Waals surface area contributed by atoms with Gasteiger partial charge in [-0.25, -0.2) is 0 Å². The molecule has 9 nitrogen and oxygen atoms in total. The van der Waals surface area contributed by atoms with Gasteiger partial charge >= 0.3 is 0 Å². The molecule has 234 valence electrons. The molecule has 1 atom stereocenters. The Morgan fingerprint density at radius 2 is 1.25 bits per heavy atom. The first-order valence-corrected chi connectivity index (χ1v) is 15.3. The zero-order chi connectivity index (χ0) is 30.8. The molecular formula is C30H55NO8S. The Morgan fingerprint density at radius 1 is 0.775 bits per heavy atom. The van der Waals surface area contributed by atoms with Crippen molar-refractivity contribution < 1.29 is 38.1 Å². The van der Waals surface area contributed by atoms with Crippen LogP contribution >= 0.6 is 11.8 Å². The van der Waals surface area contributed by atoms with E-state index in [-0.39, 0.29) is 99.4 Å². The van der Waals surface area contributed by atoms with E-state index < -0.39 is 5.54 Å². The zero-order valence-corrected chi connectivity index (χ0v) is 27.3. The minimum absolute atomic E-state index is 0.00273. The van der Waals surface area contributed by atoms with Crippen molar-refractivity contribution in [3.63, 3.8) is 0 Å². The normalized spacial score (nSPS) is 12.9. The van der Waals surface area contributed by atoms with E-state index in [9.17, 15) is 19.2 Å². The minimum Gasteiger partial charge on any atom is -0.378 e. The van der Waals surface area contributed by atoms with Gasteiger partial charge in [0, 0.05) is 37.5 Å². The number of Topliss-reactive ketones (excluding diaryl/α,β-unsaturated/α-hetero) is 3. The van der Waals surface area contributed by atoms with E-state index in [2.05, 4.69) is 27.7 Å². The highest BCUT2D eigenvalue weighted by molar-refractivity contribution is 8.01. The Balaban J connectivity index is 5.64. The highest BCUT2D eigenvalue weighted by atomic mass is 32.2. The predicted molar refractivity (Wildman–Crippen MR) is 160 cm³/mol. The summed E-state index contributed by atoms with van der Waals surface area (Å²) >= 11 is 1.83. The third-order valence-electron chi connectivity index (χ3n) is 6.18. The lowest BCUT2D eigenvalue weighted by Gasteiger charge is -2.41. The van der Waals surface area contributed by atoms with Gasteiger partial charge in [-0.3, -0.25) is 19.2 Å². The van der Waals surface area contributed by atoms with E-state index in [0.29, 0.717) is 18.3 Å². The number of nitrogens with zero attached hydrogens (tertiary/aromatic N) is 1. The minimum atomic E-state index is -1.02. The quantitative estimate of drug-likeness (QED) is 0.140. The van der Waals surface area contributed by atoms with Gasteiger partial charge in [0.2, 0.25) is 5.91 Å². The van der Waals surface area contributed by atoms with Crippen molar-refractivity contribution >= 4 is 35.0 Å². The molecule has 0 radical (unpaired) electrons. The first-order valence-electron chi connectivity index (χ1n) is 14.4. The molecule has 0 saturated carbocycles. The Morgan fingerprint density at radius 3 is 1.68 bits per heavy atom. The average Bonchev–Trinajstić information content (AvgIpc) is 2.84. The van der Waals surface area contributed by atoms with Crippen molar-refractivity contribution in [1.82, 2.24) is 4.90 Å². The molecule has 0 aliphatic carbocycles. The zero-order valence-electron chi connectivity index (χ0n) is 26.5. The van der Waals surface area contributed by atoms with Crippen LogP contribution in [0.5, 0.6) is 0 Å². The van der Waals surface area contributed by atoms with Gasteiger partial charge in [0.05, 0.1) is 58.8 Å². The highest BCUT2D eigenvalue weighted by Crippen LogP contribution is 2.29. The number of rotatable bonds is 25. The largest absolute Gasteiger partial charge is 0.378 e. The molecule has 0 heterocycles. The first-order chi connectivity index (χ1) is 18.6. The Kier molecular flexibility index (Phi) is 19.8. The molecule has 0 aromatic rings. The number of amides is 1. The number of carbonyl (C=O) groups is 4. The molecule has 0 aliphatic rings. The lowest BCUT2D eigenvalue weighted by atomic mass is 9.99. The fourth-order valence-corrected chi connectivity index (χ4v) is 5.36. The van der Waals surface area contributed by atoms with Crippen molar-refractivity contribution in [1.29, 1.82) is 0 Å². The first kappa shape index (κ1) is 38.7. The number of hydrogen-bond donors (Lipinski definition) is 0. The van der Waals surface area contributed by atoms with Crippen molar-refractivity contribution in [2.24, 2.45) is 0 Å². The third kappa shape index (κ3) is 18.2. The molecule has 0 saturated heterocycles. The smallest absolute Gasteiger partial charge is 0.225 e. The summed E-state index contributed by atoms with van der Waals surface area (Å²) in [7, 11) is 1.68. The van der Waals surface area contributed by atoms with Crippen LogP contribution in [0.4, 0.5) is 0 Å². The number of ketones is 3. The van der Waals surface area contributed by atoms with Crippen LogP contribution < -0.4 is 0 Å². The number of likely N-dealkylation sites (N-methyl/N-ethyl adjacent to an activating group) is 1.